The largest absolute Gasteiger partial charge is 0.372 e. The Balaban J connectivity index is 1.32. The fraction of sp³-hybridized carbons (Fsp3) is 0.722. The van der Waals surface area contributed by atoms with Crippen molar-refractivity contribution in [3.8, 4) is 0 Å². The Kier molecular flexibility index (Phi) is 4.84. The van der Waals surface area contributed by atoms with Crippen LogP contribution in [0.2, 0.25) is 0 Å². The molecule has 0 spiro atoms. The summed E-state index contributed by atoms with van der Waals surface area (Å²) in [6.07, 6.45) is 7.22. The lowest BCUT2D eigenvalue weighted by Crippen LogP contribution is -2.52. The first-order chi connectivity index (χ1) is 12.7. The van der Waals surface area contributed by atoms with Gasteiger partial charge in [-0.05, 0) is 38.5 Å². The number of nitrogens with zero attached hydrogens (tertiary/aromatic N) is 3. The van der Waals surface area contributed by atoms with Crippen LogP contribution < -0.4 is 11.0 Å². The van der Waals surface area contributed by atoms with Gasteiger partial charge in [0.15, 0.2) is 0 Å². The number of urea groups is 1. The summed E-state index contributed by atoms with van der Waals surface area (Å²) in [6.45, 7) is 5.76. The number of aromatic amines is 1. The molecule has 1 aromatic heterocycles. The number of hydrogen-bond acceptors (Lipinski definition) is 4. The van der Waals surface area contributed by atoms with Gasteiger partial charge in [0.1, 0.15) is 5.82 Å². The van der Waals surface area contributed by atoms with E-state index in [4.69, 9.17) is 4.74 Å². The Hall–Kier alpha value is -2.09. The molecule has 0 aromatic carbocycles. The highest BCUT2D eigenvalue weighted by Gasteiger charge is 2.32. The molecule has 8 heteroatoms. The van der Waals surface area contributed by atoms with Crippen LogP contribution in [0, 0.1) is 0 Å². The zero-order chi connectivity index (χ0) is 18.1. The third kappa shape index (κ3) is 3.56. The molecule has 3 heterocycles. The molecule has 0 radical (unpaired) electrons. The summed E-state index contributed by atoms with van der Waals surface area (Å²) in [5.41, 5.74) is -0.122. The fourth-order valence-corrected chi connectivity index (χ4v) is 3.89. The van der Waals surface area contributed by atoms with Crippen molar-refractivity contribution >= 4 is 6.03 Å². The van der Waals surface area contributed by atoms with E-state index in [-0.39, 0.29) is 29.9 Å². The number of carbonyl (C=O) groups is 1. The van der Waals surface area contributed by atoms with E-state index in [1.54, 1.807) is 10.8 Å². The van der Waals surface area contributed by atoms with Crippen molar-refractivity contribution < 1.29 is 9.53 Å². The summed E-state index contributed by atoms with van der Waals surface area (Å²) >= 11 is 0. The number of rotatable bonds is 4. The quantitative estimate of drug-likeness (QED) is 0.796. The Morgan fingerprint density at radius 3 is 2.73 bits per heavy atom. The van der Waals surface area contributed by atoms with Crippen LogP contribution in [0.4, 0.5) is 4.79 Å². The lowest BCUT2D eigenvalue weighted by molar-refractivity contribution is 0.0219. The minimum absolute atomic E-state index is 0.0125. The van der Waals surface area contributed by atoms with Gasteiger partial charge in [0.25, 0.3) is 0 Å². The minimum Gasteiger partial charge on any atom is -0.372 e. The highest BCUT2D eigenvalue weighted by molar-refractivity contribution is 5.74. The third-order valence-electron chi connectivity index (χ3n) is 5.63. The van der Waals surface area contributed by atoms with Crippen LogP contribution in [-0.4, -0.2) is 57.5 Å². The van der Waals surface area contributed by atoms with Crippen molar-refractivity contribution in [2.24, 2.45) is 0 Å². The number of piperidine rings is 1. The van der Waals surface area contributed by atoms with Crippen LogP contribution in [0.15, 0.2) is 17.4 Å². The van der Waals surface area contributed by atoms with E-state index in [1.807, 2.05) is 4.90 Å². The zero-order valence-electron chi connectivity index (χ0n) is 15.0. The van der Waals surface area contributed by atoms with Gasteiger partial charge < -0.3 is 15.0 Å². The third-order valence-corrected chi connectivity index (χ3v) is 5.63. The Labute approximate surface area is 152 Å². The van der Waals surface area contributed by atoms with Gasteiger partial charge in [-0.25, -0.2) is 14.3 Å². The normalized spacial score (nSPS) is 27.3. The molecule has 3 fully saturated rings. The first kappa shape index (κ1) is 17.3. The van der Waals surface area contributed by atoms with Gasteiger partial charge in [-0.2, -0.15) is 5.10 Å². The maximum Gasteiger partial charge on any atom is 0.343 e. The monoisotopic (exact) mass is 361 g/mol. The van der Waals surface area contributed by atoms with Crippen LogP contribution >= 0.6 is 0 Å². The molecule has 2 aliphatic heterocycles. The molecule has 2 saturated heterocycles. The average Bonchev–Trinajstić information content (AvgIpc) is 3.44. The van der Waals surface area contributed by atoms with E-state index < -0.39 is 0 Å². The average molecular weight is 361 g/mol. The summed E-state index contributed by atoms with van der Waals surface area (Å²) in [6, 6.07) is -0.00499. The molecule has 3 aliphatic rings. The number of aromatic nitrogens is 3. The van der Waals surface area contributed by atoms with Crippen LogP contribution in [-0.2, 0) is 4.74 Å². The summed E-state index contributed by atoms with van der Waals surface area (Å²) < 4.78 is 7.23. The second kappa shape index (κ2) is 7.26. The second-order valence-electron chi connectivity index (χ2n) is 7.52. The molecule has 0 bridgehead atoms. The van der Waals surface area contributed by atoms with E-state index in [9.17, 15) is 9.59 Å². The van der Waals surface area contributed by atoms with Gasteiger partial charge in [0, 0.05) is 25.6 Å². The van der Waals surface area contributed by atoms with E-state index in [0.717, 1.165) is 51.0 Å². The summed E-state index contributed by atoms with van der Waals surface area (Å²) in [4.78, 5) is 29.4. The summed E-state index contributed by atoms with van der Waals surface area (Å²) in [5.74, 6) is 1.26. The molecule has 2 N–H and O–H groups in total. The number of carbonyl (C=O) groups excluding carboxylic acids is 1. The molecule has 2 atom stereocenters. The number of hydrogen-bond donors (Lipinski definition) is 2. The van der Waals surface area contributed by atoms with Crippen molar-refractivity contribution in [2.45, 2.75) is 62.6 Å². The predicted molar refractivity (Wildman–Crippen MR) is 96.2 cm³/mol. The predicted octanol–water partition coefficient (Wildman–Crippen LogP) is 1.53. The van der Waals surface area contributed by atoms with Gasteiger partial charge in [0.2, 0.25) is 0 Å². The van der Waals surface area contributed by atoms with E-state index in [0.29, 0.717) is 19.0 Å². The van der Waals surface area contributed by atoms with Crippen LogP contribution in [0.5, 0.6) is 0 Å². The van der Waals surface area contributed by atoms with Crippen molar-refractivity contribution in [1.82, 2.24) is 25.0 Å². The topological polar surface area (TPSA) is 92.2 Å². The summed E-state index contributed by atoms with van der Waals surface area (Å²) in [5, 5.41) is 7.57. The van der Waals surface area contributed by atoms with E-state index in [2.05, 4.69) is 22.0 Å². The molecule has 1 saturated carbocycles. The molecule has 26 heavy (non-hydrogen) atoms. The molecule has 2 amide bonds. The van der Waals surface area contributed by atoms with Crippen LogP contribution in [0.25, 0.3) is 0 Å². The molecular weight excluding hydrogens is 334 g/mol. The SMILES string of the molecule is C=C[C@@H]1OCCC[C@H]1NC(=O)N1CCC(n2nc(C3CC3)[nH]c2=O)CC1. The number of H-pyrrole nitrogens is 1. The highest BCUT2D eigenvalue weighted by atomic mass is 16.5. The standard InChI is InChI=1S/C18H27N5O3/c1-2-15-14(4-3-11-26-15)19-17(24)22-9-7-13(8-10-22)23-18(25)20-16(21-23)12-5-6-12/h2,12-15H,1,3-11H2,(H,19,24)(H,20,21,25)/t14-,15+/m1/s1. The van der Waals surface area contributed by atoms with E-state index >= 15 is 0 Å². The lowest BCUT2D eigenvalue weighted by Gasteiger charge is -2.35. The van der Waals surface area contributed by atoms with Gasteiger partial charge in [-0.3, -0.25) is 4.98 Å². The van der Waals surface area contributed by atoms with Crippen molar-refractivity contribution in [3.05, 3.63) is 29.0 Å². The second-order valence-corrected chi connectivity index (χ2v) is 7.52. The zero-order valence-corrected chi connectivity index (χ0v) is 15.0. The lowest BCUT2D eigenvalue weighted by atomic mass is 10.0. The molecule has 0 unspecified atom stereocenters. The number of nitrogens with one attached hydrogen (secondary N) is 2. The first-order valence-corrected chi connectivity index (χ1v) is 9.64. The van der Waals surface area contributed by atoms with Crippen LogP contribution in [0.3, 0.4) is 0 Å². The maximum absolute atomic E-state index is 12.6. The van der Waals surface area contributed by atoms with Crippen LogP contribution in [0.1, 0.15) is 56.3 Å². The fourth-order valence-electron chi connectivity index (χ4n) is 3.89. The molecular formula is C18H27N5O3. The van der Waals surface area contributed by atoms with E-state index in [1.165, 1.54) is 0 Å². The van der Waals surface area contributed by atoms with Crippen molar-refractivity contribution in [2.75, 3.05) is 19.7 Å². The highest BCUT2D eigenvalue weighted by Crippen LogP contribution is 2.37. The molecule has 142 valence electrons. The Morgan fingerprint density at radius 2 is 2.04 bits per heavy atom. The summed E-state index contributed by atoms with van der Waals surface area (Å²) in [7, 11) is 0. The minimum atomic E-state index is -0.122. The first-order valence-electron chi connectivity index (χ1n) is 9.64. The Bertz CT molecular complexity index is 715. The Morgan fingerprint density at radius 1 is 1.27 bits per heavy atom. The van der Waals surface area contributed by atoms with Gasteiger partial charge in [0.05, 0.1) is 18.2 Å². The molecule has 8 nitrogen and oxygen atoms in total. The smallest absolute Gasteiger partial charge is 0.343 e. The van der Waals surface area contributed by atoms with Crippen molar-refractivity contribution in [3.63, 3.8) is 0 Å². The number of ether oxygens (including phenoxy) is 1. The molecule has 4 rings (SSSR count). The van der Waals surface area contributed by atoms with Gasteiger partial charge in [-0.15, -0.1) is 6.58 Å². The van der Waals surface area contributed by atoms with Gasteiger partial charge >= 0.3 is 11.7 Å². The molecule has 1 aromatic rings. The van der Waals surface area contributed by atoms with Crippen molar-refractivity contribution in [1.29, 1.82) is 0 Å². The number of likely N-dealkylation sites (tertiary alicyclic amines) is 1. The molecule has 1 aliphatic carbocycles. The maximum atomic E-state index is 12.6. The number of amides is 2. The van der Waals surface area contributed by atoms with Gasteiger partial charge in [-0.1, -0.05) is 6.08 Å².